The van der Waals surface area contributed by atoms with Crippen LogP contribution in [0.5, 0.6) is 0 Å². The molecule has 1 aliphatic rings. The third-order valence-corrected chi connectivity index (χ3v) is 2.81. The Morgan fingerprint density at radius 3 is 2.62 bits per heavy atom. The number of aliphatic hydroxyl groups is 1. The summed E-state index contributed by atoms with van der Waals surface area (Å²) in [6.45, 7) is 0. The van der Waals surface area contributed by atoms with Gasteiger partial charge < -0.3 is 10.4 Å². The average molecular weight is 177 g/mol. The van der Waals surface area contributed by atoms with E-state index in [2.05, 4.69) is 11.4 Å². The van der Waals surface area contributed by atoms with Gasteiger partial charge in [0.25, 0.3) is 0 Å². The molecule has 2 N–H and O–H groups in total. The van der Waals surface area contributed by atoms with Gasteiger partial charge in [-0.3, -0.25) is 0 Å². The smallest absolute Gasteiger partial charge is 0.0794 e. The standard InChI is InChI=1S/C11H15NO/c1-12-10-6-7-11(13)9-5-3-2-4-8(9)10/h2-5,10-13H,6-7H2,1H3/t10-,11?/m0/s1. The van der Waals surface area contributed by atoms with Crippen LogP contribution in [0.2, 0.25) is 0 Å². The second kappa shape index (κ2) is 3.48. The van der Waals surface area contributed by atoms with E-state index in [1.165, 1.54) is 5.56 Å². The van der Waals surface area contributed by atoms with Crippen LogP contribution in [0.15, 0.2) is 24.3 Å². The average Bonchev–Trinajstić information content (AvgIpc) is 2.19. The summed E-state index contributed by atoms with van der Waals surface area (Å²) in [7, 11) is 1.97. The van der Waals surface area contributed by atoms with Crippen LogP contribution >= 0.6 is 0 Å². The summed E-state index contributed by atoms with van der Waals surface area (Å²) in [6.07, 6.45) is 1.62. The molecule has 0 aliphatic heterocycles. The van der Waals surface area contributed by atoms with Crippen LogP contribution in [-0.2, 0) is 0 Å². The van der Waals surface area contributed by atoms with Gasteiger partial charge in [0.1, 0.15) is 0 Å². The van der Waals surface area contributed by atoms with Crippen molar-refractivity contribution in [3.63, 3.8) is 0 Å². The van der Waals surface area contributed by atoms with E-state index in [0.29, 0.717) is 6.04 Å². The molecule has 0 fully saturated rings. The highest BCUT2D eigenvalue weighted by Gasteiger charge is 2.23. The molecule has 0 saturated heterocycles. The van der Waals surface area contributed by atoms with Crippen molar-refractivity contribution in [3.8, 4) is 0 Å². The van der Waals surface area contributed by atoms with Crippen LogP contribution in [0.1, 0.15) is 36.1 Å². The summed E-state index contributed by atoms with van der Waals surface area (Å²) < 4.78 is 0. The molecule has 2 atom stereocenters. The number of aliphatic hydroxyl groups excluding tert-OH is 1. The highest BCUT2D eigenvalue weighted by molar-refractivity contribution is 5.33. The molecule has 0 aromatic heterocycles. The Hall–Kier alpha value is -0.860. The summed E-state index contributed by atoms with van der Waals surface area (Å²) in [4.78, 5) is 0. The first-order chi connectivity index (χ1) is 6.33. The molecule has 0 saturated carbocycles. The molecule has 0 bridgehead atoms. The number of hydrogen-bond donors (Lipinski definition) is 2. The second-order valence-corrected chi connectivity index (χ2v) is 3.56. The van der Waals surface area contributed by atoms with Crippen LogP contribution < -0.4 is 5.32 Å². The molecule has 2 heteroatoms. The maximum atomic E-state index is 9.75. The summed E-state index contributed by atoms with van der Waals surface area (Å²) >= 11 is 0. The Morgan fingerprint density at radius 2 is 1.92 bits per heavy atom. The van der Waals surface area contributed by atoms with E-state index in [9.17, 15) is 5.11 Å². The maximum Gasteiger partial charge on any atom is 0.0794 e. The largest absolute Gasteiger partial charge is 0.388 e. The van der Waals surface area contributed by atoms with Gasteiger partial charge in [0, 0.05) is 6.04 Å². The van der Waals surface area contributed by atoms with Crippen LogP contribution in [0, 0.1) is 0 Å². The van der Waals surface area contributed by atoms with Crippen molar-refractivity contribution in [1.29, 1.82) is 0 Å². The maximum absolute atomic E-state index is 9.75. The van der Waals surface area contributed by atoms with Crippen LogP contribution in [0.4, 0.5) is 0 Å². The molecule has 0 radical (unpaired) electrons. The van der Waals surface area contributed by atoms with Crippen molar-refractivity contribution in [2.75, 3.05) is 7.05 Å². The van der Waals surface area contributed by atoms with Crippen LogP contribution in [-0.4, -0.2) is 12.2 Å². The molecule has 1 unspecified atom stereocenters. The summed E-state index contributed by atoms with van der Waals surface area (Å²) in [6, 6.07) is 8.54. The number of fused-ring (bicyclic) bond motifs is 1. The Morgan fingerprint density at radius 1 is 1.23 bits per heavy atom. The first kappa shape index (κ1) is 8.73. The fourth-order valence-corrected chi connectivity index (χ4v) is 2.07. The Balaban J connectivity index is 2.42. The van der Waals surface area contributed by atoms with E-state index in [-0.39, 0.29) is 6.10 Å². The van der Waals surface area contributed by atoms with Gasteiger partial charge in [-0.05, 0) is 31.0 Å². The van der Waals surface area contributed by atoms with Crippen molar-refractivity contribution < 1.29 is 5.11 Å². The SMILES string of the molecule is CN[C@H]1CCC(O)c2ccccc21. The predicted octanol–water partition coefficient (Wildman–Crippen LogP) is 1.77. The minimum atomic E-state index is -0.263. The quantitative estimate of drug-likeness (QED) is 0.685. The van der Waals surface area contributed by atoms with Gasteiger partial charge in [-0.1, -0.05) is 24.3 Å². The molecule has 2 nitrogen and oxygen atoms in total. The highest BCUT2D eigenvalue weighted by atomic mass is 16.3. The molecule has 0 heterocycles. The molecule has 1 aliphatic carbocycles. The lowest BCUT2D eigenvalue weighted by Gasteiger charge is -2.28. The zero-order valence-corrected chi connectivity index (χ0v) is 7.83. The number of benzene rings is 1. The first-order valence-electron chi connectivity index (χ1n) is 4.77. The minimum Gasteiger partial charge on any atom is -0.388 e. The van der Waals surface area contributed by atoms with Gasteiger partial charge in [-0.2, -0.15) is 0 Å². The monoisotopic (exact) mass is 177 g/mol. The van der Waals surface area contributed by atoms with Gasteiger partial charge in [0.05, 0.1) is 6.10 Å². The zero-order chi connectivity index (χ0) is 9.26. The third-order valence-electron chi connectivity index (χ3n) is 2.81. The van der Waals surface area contributed by atoms with E-state index in [1.54, 1.807) is 0 Å². The summed E-state index contributed by atoms with van der Waals surface area (Å²) in [5.41, 5.74) is 2.34. The number of hydrogen-bond acceptors (Lipinski definition) is 2. The van der Waals surface area contributed by atoms with Gasteiger partial charge in [0.2, 0.25) is 0 Å². The van der Waals surface area contributed by atoms with E-state index >= 15 is 0 Å². The Labute approximate surface area is 78.6 Å². The van der Waals surface area contributed by atoms with Gasteiger partial charge in [-0.15, -0.1) is 0 Å². The van der Waals surface area contributed by atoms with Crippen LogP contribution in [0.25, 0.3) is 0 Å². The molecule has 70 valence electrons. The van der Waals surface area contributed by atoms with Crippen molar-refractivity contribution in [3.05, 3.63) is 35.4 Å². The molecule has 13 heavy (non-hydrogen) atoms. The van der Waals surface area contributed by atoms with Crippen molar-refractivity contribution in [2.45, 2.75) is 25.0 Å². The van der Waals surface area contributed by atoms with Gasteiger partial charge in [-0.25, -0.2) is 0 Å². The first-order valence-corrected chi connectivity index (χ1v) is 4.77. The van der Waals surface area contributed by atoms with Crippen LogP contribution in [0.3, 0.4) is 0 Å². The predicted molar refractivity (Wildman–Crippen MR) is 52.4 cm³/mol. The fourth-order valence-electron chi connectivity index (χ4n) is 2.07. The molecular formula is C11H15NO. The van der Waals surface area contributed by atoms with Gasteiger partial charge >= 0.3 is 0 Å². The molecular weight excluding hydrogens is 162 g/mol. The normalized spacial score (nSPS) is 26.9. The Bertz CT molecular complexity index is 298. The van der Waals surface area contributed by atoms with E-state index in [1.807, 2.05) is 25.2 Å². The topological polar surface area (TPSA) is 32.3 Å². The molecule has 0 amide bonds. The molecule has 2 rings (SSSR count). The van der Waals surface area contributed by atoms with E-state index in [0.717, 1.165) is 18.4 Å². The Kier molecular flexibility index (Phi) is 2.34. The second-order valence-electron chi connectivity index (χ2n) is 3.56. The molecule has 1 aromatic carbocycles. The minimum absolute atomic E-state index is 0.263. The molecule has 0 spiro atoms. The lowest BCUT2D eigenvalue weighted by molar-refractivity contribution is 0.147. The lowest BCUT2D eigenvalue weighted by Crippen LogP contribution is -2.23. The van der Waals surface area contributed by atoms with Crippen molar-refractivity contribution in [2.24, 2.45) is 0 Å². The number of rotatable bonds is 1. The molecule has 1 aromatic rings. The van der Waals surface area contributed by atoms with E-state index < -0.39 is 0 Å². The summed E-state index contributed by atoms with van der Waals surface area (Å²) in [5.74, 6) is 0. The fraction of sp³-hybridized carbons (Fsp3) is 0.455. The van der Waals surface area contributed by atoms with E-state index in [4.69, 9.17) is 0 Å². The van der Waals surface area contributed by atoms with Gasteiger partial charge in [0.15, 0.2) is 0 Å². The third kappa shape index (κ3) is 1.47. The number of nitrogens with one attached hydrogen (secondary N) is 1. The van der Waals surface area contributed by atoms with Crippen molar-refractivity contribution >= 4 is 0 Å². The lowest BCUT2D eigenvalue weighted by atomic mass is 9.86. The van der Waals surface area contributed by atoms with Crippen molar-refractivity contribution in [1.82, 2.24) is 5.32 Å². The highest BCUT2D eigenvalue weighted by Crippen LogP contribution is 2.35. The zero-order valence-electron chi connectivity index (χ0n) is 7.83. The summed E-state index contributed by atoms with van der Waals surface area (Å²) in [5, 5.41) is 13.0.